The van der Waals surface area contributed by atoms with E-state index in [1.165, 1.54) is 24.3 Å². The molecular formula is C24H18N4O6S. The van der Waals surface area contributed by atoms with Crippen molar-refractivity contribution in [1.29, 1.82) is 0 Å². The number of nitrogens with one attached hydrogen (secondary N) is 1. The summed E-state index contributed by atoms with van der Waals surface area (Å²) in [6, 6.07) is 16.7. The van der Waals surface area contributed by atoms with Gasteiger partial charge in [0.2, 0.25) is 0 Å². The second kappa shape index (κ2) is 7.86. The van der Waals surface area contributed by atoms with Gasteiger partial charge in [-0.1, -0.05) is 36.4 Å². The molecule has 0 bridgehead atoms. The Hall–Kier alpha value is -4.35. The van der Waals surface area contributed by atoms with Gasteiger partial charge in [-0.15, -0.1) is 4.83 Å². The molecule has 1 aliphatic rings. The highest BCUT2D eigenvalue weighted by molar-refractivity contribution is 7.89. The number of benzene rings is 4. The first kappa shape index (κ1) is 22.4. The Morgan fingerprint density at radius 3 is 2.26 bits per heavy atom. The molecule has 10 nitrogen and oxygen atoms in total. The monoisotopic (exact) mass is 490 g/mol. The SMILES string of the molecule is CN(C)c1cccc2c(S(=O)(=O)NN3C(=O)c4cccc5cc([N+](=O)[O-])cc(c45)C3=O)cccc12. The Labute approximate surface area is 199 Å². The van der Waals surface area contributed by atoms with Gasteiger partial charge in [-0.25, -0.2) is 8.42 Å². The minimum atomic E-state index is -4.41. The Kier molecular flexibility index (Phi) is 5.04. The van der Waals surface area contributed by atoms with Crippen molar-refractivity contribution >= 4 is 54.8 Å². The molecule has 1 N–H and O–H groups in total. The van der Waals surface area contributed by atoms with E-state index in [-0.39, 0.29) is 27.1 Å². The summed E-state index contributed by atoms with van der Waals surface area (Å²) < 4.78 is 26.9. The number of carbonyl (C=O) groups is 2. The molecule has 0 saturated heterocycles. The molecule has 1 heterocycles. The van der Waals surface area contributed by atoms with Gasteiger partial charge < -0.3 is 4.90 Å². The number of hydrazine groups is 1. The normalized spacial score (nSPS) is 13.5. The van der Waals surface area contributed by atoms with Gasteiger partial charge in [-0.2, -0.15) is 5.01 Å². The van der Waals surface area contributed by atoms with Crippen LogP contribution in [0.15, 0.2) is 71.6 Å². The average Bonchev–Trinajstić information content (AvgIpc) is 2.83. The van der Waals surface area contributed by atoms with Gasteiger partial charge in [-0.3, -0.25) is 19.7 Å². The summed E-state index contributed by atoms with van der Waals surface area (Å²) in [5, 5.41) is 13.4. The fourth-order valence-corrected chi connectivity index (χ4v) is 5.57. The molecule has 2 amide bonds. The molecule has 5 rings (SSSR count). The van der Waals surface area contributed by atoms with Crippen molar-refractivity contribution in [2.75, 3.05) is 19.0 Å². The Balaban J connectivity index is 1.63. The van der Waals surface area contributed by atoms with Crippen molar-refractivity contribution < 1.29 is 22.9 Å². The van der Waals surface area contributed by atoms with Crippen molar-refractivity contribution in [1.82, 2.24) is 9.84 Å². The molecule has 4 aromatic rings. The summed E-state index contributed by atoms with van der Waals surface area (Å²) >= 11 is 0. The van der Waals surface area contributed by atoms with Gasteiger partial charge in [0.25, 0.3) is 27.5 Å². The van der Waals surface area contributed by atoms with E-state index in [1.807, 2.05) is 25.1 Å². The lowest BCUT2D eigenvalue weighted by molar-refractivity contribution is -0.384. The van der Waals surface area contributed by atoms with Crippen LogP contribution in [0.2, 0.25) is 0 Å². The van der Waals surface area contributed by atoms with Crippen molar-refractivity contribution in [2.45, 2.75) is 4.90 Å². The number of non-ortho nitro benzene ring substituents is 1. The van der Waals surface area contributed by atoms with Gasteiger partial charge in [0, 0.05) is 48.1 Å². The summed E-state index contributed by atoms with van der Waals surface area (Å²) in [5.41, 5.74) is 0.362. The number of nitro groups is 1. The van der Waals surface area contributed by atoms with Gasteiger partial charge >= 0.3 is 0 Å². The van der Waals surface area contributed by atoms with Crippen LogP contribution in [0.4, 0.5) is 11.4 Å². The highest BCUT2D eigenvalue weighted by Gasteiger charge is 2.37. The van der Waals surface area contributed by atoms with Crippen molar-refractivity contribution in [3.63, 3.8) is 0 Å². The number of fused-ring (bicyclic) bond motifs is 1. The highest BCUT2D eigenvalue weighted by atomic mass is 32.2. The Morgan fingerprint density at radius 2 is 1.54 bits per heavy atom. The molecule has 1 aliphatic heterocycles. The van der Waals surface area contributed by atoms with Crippen LogP contribution in [0, 0.1) is 10.1 Å². The first-order valence-electron chi connectivity index (χ1n) is 10.4. The quantitative estimate of drug-likeness (QED) is 0.258. The van der Waals surface area contributed by atoms with Gasteiger partial charge in [0.1, 0.15) is 0 Å². The minimum Gasteiger partial charge on any atom is -0.377 e. The predicted molar refractivity (Wildman–Crippen MR) is 130 cm³/mol. The lowest BCUT2D eigenvalue weighted by atomic mass is 9.94. The number of rotatable bonds is 5. The molecular weight excluding hydrogens is 472 g/mol. The molecule has 0 radical (unpaired) electrons. The number of sulfonamides is 1. The smallest absolute Gasteiger partial charge is 0.277 e. The maximum absolute atomic E-state index is 13.4. The zero-order valence-electron chi connectivity index (χ0n) is 18.6. The first-order chi connectivity index (χ1) is 16.6. The fourth-order valence-electron chi connectivity index (χ4n) is 4.34. The maximum Gasteiger partial charge on any atom is 0.277 e. The van der Waals surface area contributed by atoms with E-state index < -0.39 is 26.8 Å². The summed E-state index contributed by atoms with van der Waals surface area (Å²) in [4.78, 5) is 41.0. The van der Waals surface area contributed by atoms with Gasteiger partial charge in [0.15, 0.2) is 0 Å². The minimum absolute atomic E-state index is 0.0579. The third-order valence-corrected chi connectivity index (χ3v) is 7.24. The van der Waals surface area contributed by atoms with E-state index in [0.29, 0.717) is 21.2 Å². The molecule has 4 aromatic carbocycles. The summed E-state index contributed by atoms with van der Waals surface area (Å²) in [5.74, 6) is -1.88. The van der Waals surface area contributed by atoms with E-state index >= 15 is 0 Å². The standard InChI is InChI=1S/C24H18N4O6S/c1-26(2)20-10-4-8-17-16(20)7-5-11-21(17)35(33,34)25-27-23(29)18-9-3-6-14-12-15(28(31)32)13-19(22(14)18)24(27)30/h3-13,25H,1-2H3. The average molecular weight is 490 g/mol. The predicted octanol–water partition coefficient (Wildman–Crippen LogP) is 3.46. The summed E-state index contributed by atoms with van der Waals surface area (Å²) in [7, 11) is -0.751. The van der Waals surface area contributed by atoms with E-state index in [0.717, 1.165) is 11.8 Å². The van der Waals surface area contributed by atoms with Crippen LogP contribution in [0.1, 0.15) is 20.7 Å². The third kappa shape index (κ3) is 3.49. The Bertz CT molecular complexity index is 1700. The zero-order valence-corrected chi connectivity index (χ0v) is 19.4. The Morgan fingerprint density at radius 1 is 0.886 bits per heavy atom. The van der Waals surface area contributed by atoms with Crippen LogP contribution in [-0.4, -0.2) is 44.3 Å². The number of nitrogens with zero attached hydrogens (tertiary/aromatic N) is 3. The van der Waals surface area contributed by atoms with Gasteiger partial charge in [0.05, 0.1) is 20.9 Å². The number of hydrogen-bond acceptors (Lipinski definition) is 7. The van der Waals surface area contributed by atoms with E-state index in [1.54, 1.807) is 30.3 Å². The number of anilines is 1. The van der Waals surface area contributed by atoms with Crippen molar-refractivity contribution in [2.24, 2.45) is 0 Å². The molecule has 0 fully saturated rings. The molecule has 11 heteroatoms. The molecule has 0 saturated carbocycles. The van der Waals surface area contributed by atoms with Crippen LogP contribution in [0.25, 0.3) is 21.5 Å². The lowest BCUT2D eigenvalue weighted by Gasteiger charge is -2.27. The number of imide groups is 1. The maximum atomic E-state index is 13.4. The second-order valence-electron chi connectivity index (χ2n) is 8.22. The molecule has 0 unspecified atom stereocenters. The van der Waals surface area contributed by atoms with Gasteiger partial charge in [-0.05, 0) is 23.6 Å². The number of carbonyl (C=O) groups excluding carboxylic acids is 2. The summed E-state index contributed by atoms with van der Waals surface area (Å²) in [6.07, 6.45) is 0. The van der Waals surface area contributed by atoms with Crippen LogP contribution in [0.5, 0.6) is 0 Å². The molecule has 0 aliphatic carbocycles. The molecule has 0 atom stereocenters. The van der Waals surface area contributed by atoms with Crippen molar-refractivity contribution in [3.05, 3.63) is 88.0 Å². The van der Waals surface area contributed by atoms with Crippen molar-refractivity contribution in [3.8, 4) is 0 Å². The van der Waals surface area contributed by atoms with Crippen LogP contribution >= 0.6 is 0 Å². The largest absolute Gasteiger partial charge is 0.377 e. The van der Waals surface area contributed by atoms with Crippen LogP contribution < -0.4 is 9.73 Å². The molecule has 176 valence electrons. The lowest BCUT2D eigenvalue weighted by Crippen LogP contribution is -2.51. The van der Waals surface area contributed by atoms with E-state index in [2.05, 4.69) is 4.83 Å². The van der Waals surface area contributed by atoms with E-state index in [4.69, 9.17) is 0 Å². The van der Waals surface area contributed by atoms with Crippen LogP contribution in [0.3, 0.4) is 0 Å². The van der Waals surface area contributed by atoms with E-state index in [9.17, 15) is 28.1 Å². The molecule has 0 spiro atoms. The highest BCUT2D eigenvalue weighted by Crippen LogP contribution is 2.34. The topological polar surface area (TPSA) is 130 Å². The zero-order chi connectivity index (χ0) is 25.1. The number of hydrogen-bond donors (Lipinski definition) is 1. The number of nitro benzene ring substituents is 1. The first-order valence-corrected chi connectivity index (χ1v) is 11.9. The summed E-state index contributed by atoms with van der Waals surface area (Å²) in [6.45, 7) is 0. The molecule has 35 heavy (non-hydrogen) atoms. The van der Waals surface area contributed by atoms with Crippen LogP contribution in [-0.2, 0) is 10.0 Å². The third-order valence-electron chi connectivity index (χ3n) is 5.88. The number of amides is 2. The second-order valence-corrected chi connectivity index (χ2v) is 9.85. The molecule has 0 aromatic heterocycles. The fraction of sp³-hybridized carbons (Fsp3) is 0.0833.